The van der Waals surface area contributed by atoms with Gasteiger partial charge in [0.05, 0.1) is 6.07 Å². The van der Waals surface area contributed by atoms with Gasteiger partial charge in [-0.05, 0) is 43.2 Å². The Morgan fingerprint density at radius 2 is 2.00 bits per heavy atom. The van der Waals surface area contributed by atoms with Crippen molar-refractivity contribution in [2.24, 2.45) is 11.7 Å². The van der Waals surface area contributed by atoms with Gasteiger partial charge >= 0.3 is 0 Å². The molecule has 90 valence electrons. The number of nitriles is 1. The van der Waals surface area contributed by atoms with E-state index in [2.05, 4.69) is 30.3 Å². The molecule has 0 heterocycles. The zero-order valence-corrected chi connectivity index (χ0v) is 10.4. The molecule has 0 saturated heterocycles. The van der Waals surface area contributed by atoms with Crippen molar-refractivity contribution in [1.82, 2.24) is 0 Å². The molecule has 1 aliphatic rings. The lowest BCUT2D eigenvalue weighted by molar-refractivity contribution is 0.379. The third kappa shape index (κ3) is 2.87. The second kappa shape index (κ2) is 5.33. The zero-order valence-electron chi connectivity index (χ0n) is 10.4. The van der Waals surface area contributed by atoms with Crippen molar-refractivity contribution in [2.75, 3.05) is 0 Å². The van der Waals surface area contributed by atoms with E-state index in [1.165, 1.54) is 24.0 Å². The van der Waals surface area contributed by atoms with Crippen LogP contribution < -0.4 is 5.73 Å². The quantitative estimate of drug-likeness (QED) is 0.842. The van der Waals surface area contributed by atoms with Gasteiger partial charge in [-0.3, -0.25) is 0 Å². The molecule has 0 amide bonds. The fourth-order valence-electron chi connectivity index (χ4n) is 2.68. The minimum absolute atomic E-state index is 0.0993. The van der Waals surface area contributed by atoms with Gasteiger partial charge in [0.2, 0.25) is 0 Å². The molecule has 3 unspecified atom stereocenters. The highest BCUT2D eigenvalue weighted by Crippen LogP contribution is 2.36. The topological polar surface area (TPSA) is 49.8 Å². The molecule has 3 atom stereocenters. The van der Waals surface area contributed by atoms with Gasteiger partial charge in [0.15, 0.2) is 0 Å². The molecule has 2 nitrogen and oxygen atoms in total. The van der Waals surface area contributed by atoms with Gasteiger partial charge < -0.3 is 5.73 Å². The molecule has 1 aromatic rings. The first kappa shape index (κ1) is 12.1. The summed E-state index contributed by atoms with van der Waals surface area (Å²) in [5, 5.41) is 9.01. The van der Waals surface area contributed by atoms with E-state index in [-0.39, 0.29) is 12.0 Å². The van der Waals surface area contributed by atoms with E-state index in [1.807, 2.05) is 6.92 Å². The maximum Gasteiger partial charge on any atom is 0.0656 e. The molecular formula is C15H20N2. The maximum atomic E-state index is 9.01. The Bertz CT molecular complexity index is 400. The monoisotopic (exact) mass is 228 g/mol. The highest BCUT2D eigenvalue weighted by Gasteiger charge is 2.22. The number of rotatable bonds is 2. The van der Waals surface area contributed by atoms with Crippen LogP contribution in [0.1, 0.15) is 55.7 Å². The predicted octanol–water partition coefficient (Wildman–Crippen LogP) is 3.50. The van der Waals surface area contributed by atoms with Crippen LogP contribution >= 0.6 is 0 Å². The molecule has 1 fully saturated rings. The lowest BCUT2D eigenvalue weighted by Gasteiger charge is -2.25. The second-order valence-corrected chi connectivity index (χ2v) is 5.14. The van der Waals surface area contributed by atoms with Gasteiger partial charge in [0, 0.05) is 12.0 Å². The van der Waals surface area contributed by atoms with E-state index < -0.39 is 0 Å². The first-order chi connectivity index (χ1) is 8.20. The van der Waals surface area contributed by atoms with Gasteiger partial charge in [-0.2, -0.15) is 5.26 Å². The maximum absolute atomic E-state index is 9.01. The number of nitrogens with two attached hydrogens (primary N) is 1. The largest absolute Gasteiger partial charge is 0.324 e. The zero-order chi connectivity index (χ0) is 12.3. The average Bonchev–Trinajstić information content (AvgIpc) is 2.39. The molecular weight excluding hydrogens is 208 g/mol. The van der Waals surface area contributed by atoms with Crippen LogP contribution in [0.25, 0.3) is 0 Å². The Kier molecular flexibility index (Phi) is 3.81. The summed E-state index contributed by atoms with van der Waals surface area (Å²) in [6, 6.07) is 11.1. The van der Waals surface area contributed by atoms with Crippen molar-refractivity contribution < 1.29 is 0 Å². The fourth-order valence-corrected chi connectivity index (χ4v) is 2.68. The second-order valence-electron chi connectivity index (χ2n) is 5.14. The fraction of sp³-hybridized carbons (Fsp3) is 0.533. The van der Waals surface area contributed by atoms with E-state index in [1.54, 1.807) is 0 Å². The number of hydrogen-bond acceptors (Lipinski definition) is 2. The Balaban J connectivity index is 2.09. The van der Waals surface area contributed by atoms with Gasteiger partial charge in [-0.25, -0.2) is 0 Å². The lowest BCUT2D eigenvalue weighted by Crippen LogP contribution is -2.13. The van der Waals surface area contributed by atoms with Gasteiger partial charge in [0.25, 0.3) is 0 Å². The molecule has 0 radical (unpaired) electrons. The van der Waals surface area contributed by atoms with E-state index >= 15 is 0 Å². The van der Waals surface area contributed by atoms with Crippen LogP contribution in [-0.2, 0) is 0 Å². The summed E-state index contributed by atoms with van der Waals surface area (Å²) in [6.07, 6.45) is 4.49. The first-order valence-electron chi connectivity index (χ1n) is 6.45. The van der Waals surface area contributed by atoms with E-state index in [0.717, 1.165) is 12.8 Å². The summed E-state index contributed by atoms with van der Waals surface area (Å²) in [5.41, 5.74) is 8.39. The smallest absolute Gasteiger partial charge is 0.0656 e. The van der Waals surface area contributed by atoms with E-state index in [4.69, 9.17) is 11.0 Å². The normalized spacial score (nSPS) is 26.2. The van der Waals surface area contributed by atoms with Crippen LogP contribution in [0.3, 0.4) is 0 Å². The Morgan fingerprint density at radius 3 is 2.59 bits per heavy atom. The van der Waals surface area contributed by atoms with Gasteiger partial charge in [-0.15, -0.1) is 0 Å². The number of benzene rings is 1. The first-order valence-corrected chi connectivity index (χ1v) is 6.45. The number of nitrogens with zero attached hydrogens (tertiary/aromatic N) is 1. The van der Waals surface area contributed by atoms with E-state index in [0.29, 0.717) is 5.92 Å². The summed E-state index contributed by atoms with van der Waals surface area (Å²) in [5.74, 6) is 0.817. The summed E-state index contributed by atoms with van der Waals surface area (Å²) < 4.78 is 0. The minimum atomic E-state index is 0.0993. The van der Waals surface area contributed by atoms with Crippen LogP contribution in [-0.4, -0.2) is 0 Å². The highest BCUT2D eigenvalue weighted by atomic mass is 14.6. The Morgan fingerprint density at radius 1 is 1.29 bits per heavy atom. The molecule has 2 N–H and O–H groups in total. The van der Waals surface area contributed by atoms with Crippen LogP contribution in [0, 0.1) is 17.2 Å². The summed E-state index contributed by atoms with van der Waals surface area (Å²) in [6.45, 7) is 2.00. The molecule has 0 spiro atoms. The third-order valence-electron chi connectivity index (χ3n) is 3.79. The summed E-state index contributed by atoms with van der Waals surface area (Å²) in [4.78, 5) is 0. The number of hydrogen-bond donors (Lipinski definition) is 1. The standard InChI is InChI=1S/C15H20N2/c1-11(17)13-5-7-14(8-6-13)15-4-2-3-12(9-15)10-16/h5-8,11-12,15H,2-4,9,17H2,1H3. The summed E-state index contributed by atoms with van der Waals surface area (Å²) in [7, 11) is 0. The van der Waals surface area contributed by atoms with Crippen LogP contribution in [0.4, 0.5) is 0 Å². The van der Waals surface area contributed by atoms with Gasteiger partial charge in [0.1, 0.15) is 0 Å². The van der Waals surface area contributed by atoms with Crippen molar-refractivity contribution in [3.63, 3.8) is 0 Å². The third-order valence-corrected chi connectivity index (χ3v) is 3.79. The van der Waals surface area contributed by atoms with E-state index in [9.17, 15) is 0 Å². The summed E-state index contributed by atoms with van der Waals surface area (Å²) >= 11 is 0. The highest BCUT2D eigenvalue weighted by molar-refractivity contribution is 5.27. The van der Waals surface area contributed by atoms with Crippen molar-refractivity contribution >= 4 is 0 Å². The van der Waals surface area contributed by atoms with Crippen molar-refractivity contribution in [2.45, 2.75) is 44.6 Å². The molecule has 2 heteroatoms. The SMILES string of the molecule is CC(N)c1ccc(C2CCCC(C#N)C2)cc1. The minimum Gasteiger partial charge on any atom is -0.324 e. The van der Waals surface area contributed by atoms with Crippen molar-refractivity contribution in [1.29, 1.82) is 5.26 Å². The molecule has 1 aliphatic carbocycles. The Hall–Kier alpha value is -1.33. The molecule has 0 bridgehead atoms. The van der Waals surface area contributed by atoms with Crippen molar-refractivity contribution in [3.8, 4) is 6.07 Å². The predicted molar refractivity (Wildman–Crippen MR) is 69.4 cm³/mol. The molecule has 0 aromatic heterocycles. The molecule has 2 rings (SSSR count). The van der Waals surface area contributed by atoms with Crippen LogP contribution in [0.2, 0.25) is 0 Å². The molecule has 1 saturated carbocycles. The molecule has 17 heavy (non-hydrogen) atoms. The van der Waals surface area contributed by atoms with Crippen LogP contribution in [0.15, 0.2) is 24.3 Å². The lowest BCUT2D eigenvalue weighted by atomic mass is 9.78. The van der Waals surface area contributed by atoms with Crippen molar-refractivity contribution in [3.05, 3.63) is 35.4 Å². The molecule has 0 aliphatic heterocycles. The Labute approximate surface area is 103 Å². The molecule has 1 aromatic carbocycles. The average molecular weight is 228 g/mol. The van der Waals surface area contributed by atoms with Crippen LogP contribution in [0.5, 0.6) is 0 Å². The van der Waals surface area contributed by atoms with Gasteiger partial charge in [-0.1, -0.05) is 30.7 Å².